The SMILES string of the molecule is O=c1ccnc(Cc2ccc(F)c(F)c2)[nH]1. The van der Waals surface area contributed by atoms with E-state index in [4.69, 9.17) is 0 Å². The summed E-state index contributed by atoms with van der Waals surface area (Å²) in [4.78, 5) is 17.4. The lowest BCUT2D eigenvalue weighted by molar-refractivity contribution is 0.507. The number of halogens is 2. The number of hydrogen-bond donors (Lipinski definition) is 1. The van der Waals surface area contributed by atoms with Crippen molar-refractivity contribution in [3.05, 3.63) is 63.8 Å². The third kappa shape index (κ3) is 2.31. The molecule has 82 valence electrons. The fourth-order valence-electron chi connectivity index (χ4n) is 1.34. The van der Waals surface area contributed by atoms with Gasteiger partial charge in [0.2, 0.25) is 0 Å². The van der Waals surface area contributed by atoms with Gasteiger partial charge in [-0.25, -0.2) is 13.8 Å². The fraction of sp³-hybridized carbons (Fsp3) is 0.0909. The van der Waals surface area contributed by atoms with Crippen LogP contribution in [0.2, 0.25) is 0 Å². The van der Waals surface area contributed by atoms with Crippen molar-refractivity contribution in [2.45, 2.75) is 6.42 Å². The average Bonchev–Trinajstić information content (AvgIpc) is 2.24. The van der Waals surface area contributed by atoms with Crippen molar-refractivity contribution < 1.29 is 8.78 Å². The van der Waals surface area contributed by atoms with Crippen molar-refractivity contribution in [1.29, 1.82) is 0 Å². The van der Waals surface area contributed by atoms with Gasteiger partial charge in [0.25, 0.3) is 5.56 Å². The summed E-state index contributed by atoms with van der Waals surface area (Å²) in [5.74, 6) is -1.38. The zero-order valence-corrected chi connectivity index (χ0v) is 8.21. The van der Waals surface area contributed by atoms with Gasteiger partial charge in [-0.3, -0.25) is 4.79 Å². The van der Waals surface area contributed by atoms with Crippen LogP contribution in [0.25, 0.3) is 0 Å². The van der Waals surface area contributed by atoms with Crippen molar-refractivity contribution in [3.8, 4) is 0 Å². The number of nitrogens with one attached hydrogen (secondary N) is 1. The van der Waals surface area contributed by atoms with E-state index in [-0.39, 0.29) is 12.0 Å². The molecule has 0 bridgehead atoms. The van der Waals surface area contributed by atoms with Crippen LogP contribution in [0, 0.1) is 11.6 Å². The fourth-order valence-corrected chi connectivity index (χ4v) is 1.34. The summed E-state index contributed by atoms with van der Waals surface area (Å²) >= 11 is 0. The molecule has 1 aromatic carbocycles. The number of benzene rings is 1. The summed E-state index contributed by atoms with van der Waals surface area (Å²) in [7, 11) is 0. The van der Waals surface area contributed by atoms with Crippen LogP contribution in [0.4, 0.5) is 8.78 Å². The van der Waals surface area contributed by atoms with E-state index < -0.39 is 11.6 Å². The van der Waals surface area contributed by atoms with Gasteiger partial charge in [0.05, 0.1) is 0 Å². The predicted molar refractivity (Wildman–Crippen MR) is 54.0 cm³/mol. The minimum Gasteiger partial charge on any atom is -0.310 e. The number of hydrogen-bond acceptors (Lipinski definition) is 2. The Kier molecular flexibility index (Phi) is 2.76. The summed E-state index contributed by atoms with van der Waals surface area (Å²) in [6, 6.07) is 4.87. The van der Waals surface area contributed by atoms with Crippen molar-refractivity contribution in [1.82, 2.24) is 9.97 Å². The average molecular weight is 222 g/mol. The first-order chi connectivity index (χ1) is 7.65. The molecule has 0 radical (unpaired) electrons. The summed E-state index contributed by atoms with van der Waals surface area (Å²) in [6.07, 6.45) is 1.63. The molecule has 3 nitrogen and oxygen atoms in total. The second-order valence-electron chi connectivity index (χ2n) is 3.31. The highest BCUT2D eigenvalue weighted by Gasteiger charge is 2.04. The molecular formula is C11H8F2N2O. The molecule has 0 atom stereocenters. The quantitative estimate of drug-likeness (QED) is 0.839. The Hall–Kier alpha value is -2.04. The zero-order chi connectivity index (χ0) is 11.5. The Labute approximate surface area is 89.8 Å². The van der Waals surface area contributed by atoms with E-state index in [1.165, 1.54) is 18.3 Å². The van der Waals surface area contributed by atoms with Crippen LogP contribution in [0.15, 0.2) is 35.3 Å². The molecule has 0 spiro atoms. The smallest absolute Gasteiger partial charge is 0.250 e. The van der Waals surface area contributed by atoms with Gasteiger partial charge in [0, 0.05) is 18.7 Å². The zero-order valence-electron chi connectivity index (χ0n) is 8.21. The van der Waals surface area contributed by atoms with Crippen molar-refractivity contribution in [2.75, 3.05) is 0 Å². The topological polar surface area (TPSA) is 45.8 Å². The second-order valence-corrected chi connectivity index (χ2v) is 3.31. The summed E-state index contributed by atoms with van der Waals surface area (Å²) in [5.41, 5.74) is 0.279. The summed E-state index contributed by atoms with van der Waals surface area (Å²) in [5, 5.41) is 0. The van der Waals surface area contributed by atoms with E-state index in [0.717, 1.165) is 12.1 Å². The number of aromatic nitrogens is 2. The Morgan fingerprint density at radius 1 is 1.19 bits per heavy atom. The molecule has 1 N–H and O–H groups in total. The summed E-state index contributed by atoms with van der Waals surface area (Å²) < 4.78 is 25.5. The number of aromatic amines is 1. The first-order valence-corrected chi connectivity index (χ1v) is 4.63. The van der Waals surface area contributed by atoms with Gasteiger partial charge in [-0.1, -0.05) is 6.07 Å². The van der Waals surface area contributed by atoms with Gasteiger partial charge < -0.3 is 4.98 Å². The highest BCUT2D eigenvalue weighted by molar-refractivity contribution is 5.20. The Balaban J connectivity index is 2.27. The minimum atomic E-state index is -0.907. The highest BCUT2D eigenvalue weighted by Crippen LogP contribution is 2.10. The third-order valence-corrected chi connectivity index (χ3v) is 2.08. The highest BCUT2D eigenvalue weighted by atomic mass is 19.2. The molecule has 0 aliphatic rings. The molecule has 0 amide bonds. The molecule has 1 heterocycles. The van der Waals surface area contributed by atoms with E-state index in [9.17, 15) is 13.6 Å². The normalized spacial score (nSPS) is 10.4. The van der Waals surface area contributed by atoms with Crippen LogP contribution in [0.5, 0.6) is 0 Å². The maximum absolute atomic E-state index is 12.9. The first kappa shape index (κ1) is 10.5. The van der Waals surface area contributed by atoms with E-state index in [1.54, 1.807) is 0 Å². The molecule has 0 fully saturated rings. The molecule has 2 rings (SSSR count). The molecule has 5 heteroatoms. The van der Waals surface area contributed by atoms with Crippen molar-refractivity contribution in [2.24, 2.45) is 0 Å². The third-order valence-electron chi connectivity index (χ3n) is 2.08. The number of rotatable bonds is 2. The van der Waals surface area contributed by atoms with Crippen LogP contribution < -0.4 is 5.56 Å². The molecular weight excluding hydrogens is 214 g/mol. The van der Waals surface area contributed by atoms with Crippen LogP contribution in [0.1, 0.15) is 11.4 Å². The lowest BCUT2D eigenvalue weighted by atomic mass is 10.1. The van der Waals surface area contributed by atoms with Gasteiger partial charge >= 0.3 is 0 Å². The van der Waals surface area contributed by atoms with Gasteiger partial charge in [0.15, 0.2) is 11.6 Å². The monoisotopic (exact) mass is 222 g/mol. The lowest BCUT2D eigenvalue weighted by Gasteiger charge is -2.01. The molecule has 2 aromatic rings. The standard InChI is InChI=1S/C11H8F2N2O/c12-8-2-1-7(5-9(8)13)6-10-14-4-3-11(16)15-10/h1-5H,6H2,(H,14,15,16). The van der Waals surface area contributed by atoms with Gasteiger partial charge in [0.1, 0.15) is 5.82 Å². The molecule has 0 aliphatic heterocycles. The largest absolute Gasteiger partial charge is 0.310 e. The van der Waals surface area contributed by atoms with Gasteiger partial charge in [-0.15, -0.1) is 0 Å². The van der Waals surface area contributed by atoms with Crippen molar-refractivity contribution >= 4 is 0 Å². The lowest BCUT2D eigenvalue weighted by Crippen LogP contribution is -2.09. The van der Waals surface area contributed by atoms with E-state index in [1.807, 2.05) is 0 Å². The maximum Gasteiger partial charge on any atom is 0.250 e. The van der Waals surface area contributed by atoms with Crippen LogP contribution in [-0.4, -0.2) is 9.97 Å². The van der Waals surface area contributed by atoms with Gasteiger partial charge in [-0.05, 0) is 17.7 Å². The maximum atomic E-state index is 12.9. The Bertz CT molecular complexity index is 566. The van der Waals surface area contributed by atoms with E-state index in [0.29, 0.717) is 11.4 Å². The van der Waals surface area contributed by atoms with Crippen molar-refractivity contribution in [3.63, 3.8) is 0 Å². The van der Waals surface area contributed by atoms with E-state index in [2.05, 4.69) is 9.97 Å². The molecule has 0 unspecified atom stereocenters. The van der Waals surface area contributed by atoms with E-state index >= 15 is 0 Å². The van der Waals surface area contributed by atoms with Crippen LogP contribution >= 0.6 is 0 Å². The minimum absolute atomic E-state index is 0.257. The molecule has 1 aromatic heterocycles. The molecule has 16 heavy (non-hydrogen) atoms. The summed E-state index contributed by atoms with van der Waals surface area (Å²) in [6.45, 7) is 0. The number of H-pyrrole nitrogens is 1. The molecule has 0 saturated carbocycles. The van der Waals surface area contributed by atoms with Gasteiger partial charge in [-0.2, -0.15) is 0 Å². The Morgan fingerprint density at radius 2 is 2.00 bits per heavy atom. The Morgan fingerprint density at radius 3 is 2.69 bits per heavy atom. The first-order valence-electron chi connectivity index (χ1n) is 4.63. The van der Waals surface area contributed by atoms with Crippen LogP contribution in [-0.2, 0) is 6.42 Å². The number of nitrogens with zero attached hydrogens (tertiary/aromatic N) is 1. The predicted octanol–water partition coefficient (Wildman–Crippen LogP) is 1.64. The molecule has 0 aliphatic carbocycles. The van der Waals surface area contributed by atoms with Crippen LogP contribution in [0.3, 0.4) is 0 Å². The molecule has 0 saturated heterocycles. The second kappa shape index (κ2) is 4.22.